The Labute approximate surface area is 139 Å². The molecule has 4 saturated carbocycles. The Hall–Kier alpha value is -0.110. The zero-order chi connectivity index (χ0) is 15.5. The molecule has 0 radical (unpaired) electrons. The highest BCUT2D eigenvalue weighted by Crippen LogP contribution is 2.67. The van der Waals surface area contributed by atoms with Gasteiger partial charge in [-0.25, -0.2) is 0 Å². The average molecular weight is 324 g/mol. The van der Waals surface area contributed by atoms with Gasteiger partial charge in [-0.1, -0.05) is 25.4 Å². The Morgan fingerprint density at radius 3 is 2.55 bits per heavy atom. The largest absolute Gasteiger partial charge is 0.150 e. The SMILES string of the molecule is C[C@@]12C(CCCC1N=O)CC[C@@H]1[C@H]2CC[C@]2(C)C(Cl)CC[C@@H]12. The van der Waals surface area contributed by atoms with Crippen LogP contribution in [0.3, 0.4) is 0 Å². The van der Waals surface area contributed by atoms with Gasteiger partial charge in [-0.15, -0.1) is 11.6 Å². The molecule has 4 fully saturated rings. The summed E-state index contributed by atoms with van der Waals surface area (Å²) in [5.41, 5.74) is 0.527. The predicted octanol–water partition coefficient (Wildman–Crippen LogP) is 5.77. The summed E-state index contributed by atoms with van der Waals surface area (Å²) in [5.74, 6) is 3.05. The van der Waals surface area contributed by atoms with Crippen LogP contribution in [0.4, 0.5) is 0 Å². The summed E-state index contributed by atoms with van der Waals surface area (Å²) in [7, 11) is 0. The summed E-state index contributed by atoms with van der Waals surface area (Å²) in [4.78, 5) is 11.6. The molecule has 0 aromatic rings. The monoisotopic (exact) mass is 323 g/mol. The van der Waals surface area contributed by atoms with Crippen LogP contribution < -0.4 is 0 Å². The number of fused-ring (bicyclic) bond motifs is 5. The first-order valence-electron chi connectivity index (χ1n) is 9.48. The number of alkyl halides is 1. The Kier molecular flexibility index (Phi) is 3.64. The van der Waals surface area contributed by atoms with E-state index in [1.54, 1.807) is 0 Å². The third kappa shape index (κ3) is 1.85. The fraction of sp³-hybridized carbons (Fsp3) is 1.00. The Balaban J connectivity index is 1.68. The van der Waals surface area contributed by atoms with Gasteiger partial charge in [0.05, 0.1) is 6.04 Å². The summed E-state index contributed by atoms with van der Waals surface area (Å²) < 4.78 is 0. The number of nitrogens with zero attached hydrogens (tertiary/aromatic N) is 1. The number of rotatable bonds is 1. The van der Waals surface area contributed by atoms with Crippen LogP contribution in [0.25, 0.3) is 0 Å². The van der Waals surface area contributed by atoms with Crippen molar-refractivity contribution in [2.75, 3.05) is 0 Å². The van der Waals surface area contributed by atoms with Gasteiger partial charge < -0.3 is 0 Å². The standard InChI is InChI=1S/C19H30ClNO/c1-18-11-10-15-13(14(18)8-9-16(18)20)7-6-12-4-3-5-17(21-22)19(12,15)2/h12-17H,3-11H2,1-2H3/t12?,13-,14-,15+,16?,17?,18-,19-/m0/s1. The summed E-state index contributed by atoms with van der Waals surface area (Å²) in [6.07, 6.45) is 11.3. The van der Waals surface area contributed by atoms with E-state index in [0.717, 1.165) is 24.2 Å². The molecule has 4 aliphatic rings. The molecule has 124 valence electrons. The smallest absolute Gasteiger partial charge is 0.0978 e. The Bertz CT molecular complexity index is 468. The number of nitroso groups, excluding NO2 is 1. The second kappa shape index (κ2) is 5.19. The van der Waals surface area contributed by atoms with E-state index in [-0.39, 0.29) is 11.5 Å². The van der Waals surface area contributed by atoms with Crippen molar-refractivity contribution in [1.82, 2.24) is 0 Å². The lowest BCUT2D eigenvalue weighted by molar-refractivity contribution is -0.111. The molecule has 3 unspecified atom stereocenters. The van der Waals surface area contributed by atoms with E-state index in [9.17, 15) is 4.91 Å². The highest BCUT2D eigenvalue weighted by Gasteiger charge is 2.61. The zero-order valence-electron chi connectivity index (χ0n) is 14.1. The first kappa shape index (κ1) is 15.4. The molecule has 0 N–H and O–H groups in total. The second-order valence-corrected chi connectivity index (χ2v) is 9.69. The highest BCUT2D eigenvalue weighted by atomic mass is 35.5. The number of hydrogen-bond donors (Lipinski definition) is 0. The van der Waals surface area contributed by atoms with E-state index < -0.39 is 0 Å². The van der Waals surface area contributed by atoms with Crippen LogP contribution >= 0.6 is 11.6 Å². The van der Waals surface area contributed by atoms with Crippen LogP contribution in [-0.4, -0.2) is 11.4 Å². The van der Waals surface area contributed by atoms with Gasteiger partial charge in [-0.3, -0.25) is 0 Å². The van der Waals surface area contributed by atoms with Crippen molar-refractivity contribution in [2.45, 2.75) is 83.1 Å². The minimum atomic E-state index is 0.0663. The summed E-state index contributed by atoms with van der Waals surface area (Å²) >= 11 is 6.72. The van der Waals surface area contributed by atoms with Crippen molar-refractivity contribution in [2.24, 2.45) is 39.7 Å². The molecule has 0 bridgehead atoms. The van der Waals surface area contributed by atoms with E-state index in [1.165, 1.54) is 51.4 Å². The van der Waals surface area contributed by atoms with Crippen LogP contribution in [0.1, 0.15) is 71.6 Å². The Morgan fingerprint density at radius 2 is 1.77 bits per heavy atom. The van der Waals surface area contributed by atoms with Gasteiger partial charge in [-0.05, 0) is 85.9 Å². The van der Waals surface area contributed by atoms with Gasteiger partial charge >= 0.3 is 0 Å². The quantitative estimate of drug-likeness (QED) is 0.445. The van der Waals surface area contributed by atoms with Gasteiger partial charge in [0.25, 0.3) is 0 Å². The van der Waals surface area contributed by atoms with Crippen LogP contribution in [-0.2, 0) is 0 Å². The fourth-order valence-electron chi connectivity index (χ4n) is 7.42. The zero-order valence-corrected chi connectivity index (χ0v) is 14.8. The molecule has 0 aromatic carbocycles. The number of hydrogen-bond acceptors (Lipinski definition) is 2. The first-order chi connectivity index (χ1) is 10.5. The molecule has 3 heteroatoms. The highest BCUT2D eigenvalue weighted by molar-refractivity contribution is 6.21. The topological polar surface area (TPSA) is 29.4 Å². The minimum absolute atomic E-state index is 0.0663. The molecule has 0 aliphatic heterocycles. The van der Waals surface area contributed by atoms with Gasteiger partial charge in [0.2, 0.25) is 0 Å². The van der Waals surface area contributed by atoms with E-state index >= 15 is 0 Å². The molecule has 2 nitrogen and oxygen atoms in total. The first-order valence-corrected chi connectivity index (χ1v) is 9.92. The van der Waals surface area contributed by atoms with E-state index in [4.69, 9.17) is 11.6 Å². The van der Waals surface area contributed by atoms with Gasteiger partial charge in [0, 0.05) is 5.38 Å². The average Bonchev–Trinajstić information content (AvgIpc) is 2.82. The normalized spacial score (nSPS) is 57.6. The number of halogens is 1. The lowest BCUT2D eigenvalue weighted by Crippen LogP contribution is -2.57. The van der Waals surface area contributed by atoms with Crippen LogP contribution in [0.5, 0.6) is 0 Å². The molecule has 0 aromatic heterocycles. The lowest BCUT2D eigenvalue weighted by Gasteiger charge is -2.61. The van der Waals surface area contributed by atoms with Crippen molar-refractivity contribution in [1.29, 1.82) is 0 Å². The molecule has 22 heavy (non-hydrogen) atoms. The van der Waals surface area contributed by atoms with E-state index in [1.807, 2.05) is 0 Å². The lowest BCUT2D eigenvalue weighted by atomic mass is 9.44. The van der Waals surface area contributed by atoms with E-state index in [0.29, 0.717) is 16.7 Å². The van der Waals surface area contributed by atoms with Gasteiger partial charge in [0.1, 0.15) is 0 Å². The maximum Gasteiger partial charge on any atom is 0.0978 e. The molecule has 0 saturated heterocycles. The molecule has 0 spiro atoms. The Morgan fingerprint density at radius 1 is 0.955 bits per heavy atom. The predicted molar refractivity (Wildman–Crippen MR) is 91.0 cm³/mol. The third-order valence-corrected chi connectivity index (χ3v) is 9.44. The van der Waals surface area contributed by atoms with Crippen molar-refractivity contribution in [3.63, 3.8) is 0 Å². The van der Waals surface area contributed by atoms with Gasteiger partial charge in [0.15, 0.2) is 0 Å². The molecule has 0 heterocycles. The molecule has 8 atom stereocenters. The van der Waals surface area contributed by atoms with Crippen molar-refractivity contribution < 1.29 is 0 Å². The van der Waals surface area contributed by atoms with E-state index in [2.05, 4.69) is 19.0 Å². The van der Waals surface area contributed by atoms with Gasteiger partial charge in [-0.2, -0.15) is 4.91 Å². The summed E-state index contributed by atoms with van der Waals surface area (Å²) in [6.45, 7) is 4.87. The molecule has 0 amide bonds. The maximum atomic E-state index is 11.6. The minimum Gasteiger partial charge on any atom is -0.150 e. The molecule has 4 aliphatic carbocycles. The fourth-order valence-corrected chi connectivity index (χ4v) is 7.81. The third-order valence-electron chi connectivity index (χ3n) is 8.72. The summed E-state index contributed by atoms with van der Waals surface area (Å²) in [6, 6.07) is 0.0663. The van der Waals surface area contributed by atoms with Crippen LogP contribution in [0, 0.1) is 39.4 Å². The molecular formula is C19H30ClNO. The van der Waals surface area contributed by atoms with Crippen LogP contribution in [0.2, 0.25) is 0 Å². The molecule has 4 rings (SSSR count). The van der Waals surface area contributed by atoms with Crippen molar-refractivity contribution in [3.8, 4) is 0 Å². The maximum absolute atomic E-state index is 11.6. The van der Waals surface area contributed by atoms with Crippen molar-refractivity contribution >= 4 is 11.6 Å². The summed E-state index contributed by atoms with van der Waals surface area (Å²) in [5, 5.41) is 4.01. The van der Waals surface area contributed by atoms with Crippen LogP contribution in [0.15, 0.2) is 5.18 Å². The van der Waals surface area contributed by atoms with Crippen molar-refractivity contribution in [3.05, 3.63) is 4.91 Å². The second-order valence-electron chi connectivity index (χ2n) is 9.16. The molecular weight excluding hydrogens is 294 g/mol.